The molecule has 2 heteroatoms. The van der Waals surface area contributed by atoms with Crippen LogP contribution in [0.25, 0.3) is 0 Å². The van der Waals surface area contributed by atoms with E-state index in [1.165, 1.54) is 0 Å². The highest BCUT2D eigenvalue weighted by atomic mass is 19.1. The van der Waals surface area contributed by atoms with Crippen LogP contribution >= 0.6 is 0 Å². The summed E-state index contributed by atoms with van der Waals surface area (Å²) in [6, 6.07) is 0.252. The number of nitrogens with two attached hydrogens (primary N) is 1. The minimum absolute atomic E-state index is 0.252. The molecule has 0 saturated heterocycles. The van der Waals surface area contributed by atoms with Crippen molar-refractivity contribution < 1.29 is 4.39 Å². The number of rotatable bonds is 1. The molecule has 1 atom stereocenters. The number of hydrogen-bond donors (Lipinski definition) is 1. The highest BCUT2D eigenvalue weighted by Gasteiger charge is 2.50. The first kappa shape index (κ1) is 8.49. The Hall–Kier alpha value is -0.110. The van der Waals surface area contributed by atoms with E-state index in [9.17, 15) is 4.39 Å². The second kappa shape index (κ2) is 2.44. The molecule has 0 aromatic carbocycles. The van der Waals surface area contributed by atoms with E-state index in [1.54, 1.807) is 0 Å². The fraction of sp³-hybridized carbons (Fsp3) is 1.00. The molecule has 3 saturated carbocycles. The lowest BCUT2D eigenvalue weighted by molar-refractivity contribution is -0.0441. The SMILES string of the molecule is CC(N)C12CCC(F)(CC1)CC2. The second-order valence-corrected chi connectivity index (χ2v) is 4.80. The lowest BCUT2D eigenvalue weighted by Crippen LogP contribution is -2.50. The average Bonchev–Trinajstić information content (AvgIpc) is 2.06. The summed E-state index contributed by atoms with van der Waals surface area (Å²) in [4.78, 5) is 0. The minimum Gasteiger partial charge on any atom is -0.327 e. The second-order valence-electron chi connectivity index (χ2n) is 4.80. The van der Waals surface area contributed by atoms with E-state index in [0.29, 0.717) is 5.41 Å². The third-order valence-electron chi connectivity index (χ3n) is 4.18. The van der Waals surface area contributed by atoms with E-state index in [2.05, 4.69) is 6.92 Å². The molecule has 0 heterocycles. The number of alkyl halides is 1. The van der Waals surface area contributed by atoms with Crippen molar-refractivity contribution in [3.63, 3.8) is 0 Å². The smallest absolute Gasteiger partial charge is 0.111 e. The lowest BCUT2D eigenvalue weighted by Gasteiger charge is -2.51. The quantitative estimate of drug-likeness (QED) is 0.644. The topological polar surface area (TPSA) is 26.0 Å². The van der Waals surface area contributed by atoms with Crippen LogP contribution in [0.2, 0.25) is 0 Å². The van der Waals surface area contributed by atoms with E-state index in [4.69, 9.17) is 5.73 Å². The number of hydrogen-bond acceptors (Lipinski definition) is 1. The van der Waals surface area contributed by atoms with Crippen LogP contribution in [0.4, 0.5) is 4.39 Å². The molecule has 0 aromatic rings. The van der Waals surface area contributed by atoms with Gasteiger partial charge in [-0.2, -0.15) is 0 Å². The van der Waals surface area contributed by atoms with Gasteiger partial charge in [0.1, 0.15) is 5.67 Å². The van der Waals surface area contributed by atoms with Gasteiger partial charge in [-0.15, -0.1) is 0 Å². The van der Waals surface area contributed by atoms with Gasteiger partial charge in [-0.25, -0.2) is 4.39 Å². The Balaban J connectivity index is 2.14. The van der Waals surface area contributed by atoms with Gasteiger partial charge in [0.05, 0.1) is 0 Å². The summed E-state index contributed by atoms with van der Waals surface area (Å²) in [7, 11) is 0. The van der Waals surface area contributed by atoms with Crippen molar-refractivity contribution in [3.05, 3.63) is 0 Å². The van der Waals surface area contributed by atoms with Gasteiger partial charge in [0.15, 0.2) is 0 Å². The maximum atomic E-state index is 13.7. The van der Waals surface area contributed by atoms with Crippen LogP contribution in [0.1, 0.15) is 45.4 Å². The Morgan fingerprint density at radius 1 is 1.08 bits per heavy atom. The van der Waals surface area contributed by atoms with Gasteiger partial charge in [0, 0.05) is 6.04 Å². The first-order valence-corrected chi connectivity index (χ1v) is 5.01. The lowest BCUT2D eigenvalue weighted by atomic mass is 9.57. The van der Waals surface area contributed by atoms with E-state index >= 15 is 0 Å². The molecule has 1 nitrogen and oxygen atoms in total. The summed E-state index contributed by atoms with van der Waals surface area (Å²) in [6.07, 6.45) is 5.32. The van der Waals surface area contributed by atoms with Crippen LogP contribution in [0.5, 0.6) is 0 Å². The Morgan fingerprint density at radius 3 is 1.83 bits per heavy atom. The molecule has 0 spiro atoms. The predicted molar refractivity (Wildman–Crippen MR) is 47.6 cm³/mol. The van der Waals surface area contributed by atoms with Crippen molar-refractivity contribution in [2.45, 2.75) is 57.2 Å². The Labute approximate surface area is 73.5 Å². The largest absolute Gasteiger partial charge is 0.327 e. The third-order valence-corrected chi connectivity index (χ3v) is 4.18. The molecule has 3 rings (SSSR count). The maximum Gasteiger partial charge on any atom is 0.111 e. The molecule has 12 heavy (non-hydrogen) atoms. The molecule has 0 aliphatic heterocycles. The molecule has 0 amide bonds. The highest BCUT2D eigenvalue weighted by Crippen LogP contribution is 2.55. The summed E-state index contributed by atoms with van der Waals surface area (Å²) >= 11 is 0. The van der Waals surface area contributed by atoms with Crippen molar-refractivity contribution in [3.8, 4) is 0 Å². The molecule has 1 unspecified atom stereocenters. The first-order chi connectivity index (χ1) is 5.56. The van der Waals surface area contributed by atoms with Crippen molar-refractivity contribution in [1.29, 1.82) is 0 Å². The van der Waals surface area contributed by atoms with Gasteiger partial charge >= 0.3 is 0 Å². The van der Waals surface area contributed by atoms with Crippen LogP contribution in [0.3, 0.4) is 0 Å². The zero-order valence-corrected chi connectivity index (χ0v) is 7.78. The molecule has 0 radical (unpaired) electrons. The summed E-state index contributed by atoms with van der Waals surface area (Å²) in [5.74, 6) is 0. The zero-order valence-electron chi connectivity index (χ0n) is 7.78. The Kier molecular flexibility index (Phi) is 1.73. The summed E-state index contributed by atoms with van der Waals surface area (Å²) < 4.78 is 13.7. The van der Waals surface area contributed by atoms with Crippen LogP contribution in [-0.4, -0.2) is 11.7 Å². The van der Waals surface area contributed by atoms with Crippen molar-refractivity contribution in [1.82, 2.24) is 0 Å². The molecule has 2 N–H and O–H groups in total. The molecule has 0 aromatic heterocycles. The fourth-order valence-corrected chi connectivity index (χ4v) is 2.85. The molecule has 2 bridgehead atoms. The predicted octanol–water partition coefficient (Wildman–Crippen LogP) is 2.40. The van der Waals surface area contributed by atoms with Crippen LogP contribution in [0.15, 0.2) is 0 Å². The van der Waals surface area contributed by atoms with E-state index < -0.39 is 5.67 Å². The van der Waals surface area contributed by atoms with Crippen LogP contribution in [0, 0.1) is 5.41 Å². The number of fused-ring (bicyclic) bond motifs is 3. The van der Waals surface area contributed by atoms with Crippen molar-refractivity contribution in [2.75, 3.05) is 0 Å². The maximum absolute atomic E-state index is 13.7. The zero-order chi connectivity index (χ0) is 8.82. The minimum atomic E-state index is -0.809. The summed E-state index contributed by atoms with van der Waals surface area (Å²) in [5, 5.41) is 0. The van der Waals surface area contributed by atoms with E-state index in [0.717, 1.165) is 38.5 Å². The molecular weight excluding hydrogens is 153 g/mol. The molecular formula is C10H18FN. The third kappa shape index (κ3) is 1.08. The summed E-state index contributed by atoms with van der Waals surface area (Å²) in [6.45, 7) is 2.08. The molecule has 3 aliphatic carbocycles. The fourth-order valence-electron chi connectivity index (χ4n) is 2.85. The van der Waals surface area contributed by atoms with E-state index in [-0.39, 0.29) is 6.04 Å². The Bertz CT molecular complexity index is 164. The molecule has 3 aliphatic rings. The number of halogens is 1. The van der Waals surface area contributed by atoms with E-state index in [1.807, 2.05) is 0 Å². The first-order valence-electron chi connectivity index (χ1n) is 5.01. The standard InChI is InChI=1S/C10H18FN/c1-8(12)9-2-5-10(11,6-3-9)7-4-9/h8H,2-7,12H2,1H3. The van der Waals surface area contributed by atoms with Crippen LogP contribution in [-0.2, 0) is 0 Å². The van der Waals surface area contributed by atoms with Crippen molar-refractivity contribution >= 4 is 0 Å². The van der Waals surface area contributed by atoms with Gasteiger partial charge in [-0.3, -0.25) is 0 Å². The van der Waals surface area contributed by atoms with Gasteiger partial charge in [0.25, 0.3) is 0 Å². The van der Waals surface area contributed by atoms with Crippen LogP contribution < -0.4 is 5.73 Å². The normalized spacial score (nSPS) is 49.2. The van der Waals surface area contributed by atoms with Crippen molar-refractivity contribution in [2.24, 2.45) is 11.1 Å². The summed E-state index contributed by atoms with van der Waals surface area (Å²) in [5.41, 5.74) is 5.45. The molecule has 3 fully saturated rings. The highest BCUT2D eigenvalue weighted by molar-refractivity contribution is 5.03. The Morgan fingerprint density at radius 2 is 1.50 bits per heavy atom. The van der Waals surface area contributed by atoms with Gasteiger partial charge < -0.3 is 5.73 Å². The average molecular weight is 171 g/mol. The van der Waals surface area contributed by atoms with Gasteiger partial charge in [0.2, 0.25) is 0 Å². The van der Waals surface area contributed by atoms with Gasteiger partial charge in [-0.05, 0) is 50.9 Å². The van der Waals surface area contributed by atoms with Gasteiger partial charge in [-0.1, -0.05) is 0 Å². The molecule has 70 valence electrons. The monoisotopic (exact) mass is 171 g/mol.